The van der Waals surface area contributed by atoms with E-state index in [4.69, 9.17) is 5.73 Å². The van der Waals surface area contributed by atoms with Gasteiger partial charge in [-0.2, -0.15) is 0 Å². The Kier molecular flexibility index (Phi) is 2.80. The molecule has 1 aliphatic heterocycles. The van der Waals surface area contributed by atoms with E-state index in [9.17, 15) is 0 Å². The minimum atomic E-state index is -0.0667. The molecular formula is C16H23N3. The van der Waals surface area contributed by atoms with E-state index >= 15 is 0 Å². The lowest BCUT2D eigenvalue weighted by atomic mass is 9.86. The van der Waals surface area contributed by atoms with Crippen LogP contribution >= 0.6 is 0 Å². The lowest BCUT2D eigenvalue weighted by molar-refractivity contribution is 0.216. The highest BCUT2D eigenvalue weighted by atomic mass is 15.4. The molecule has 19 heavy (non-hydrogen) atoms. The number of nitrogens with two attached hydrogens (primary N) is 1. The van der Waals surface area contributed by atoms with Crippen LogP contribution in [0.2, 0.25) is 0 Å². The Balaban J connectivity index is 1.98. The highest BCUT2D eigenvalue weighted by Crippen LogP contribution is 2.39. The molecule has 2 aliphatic rings. The van der Waals surface area contributed by atoms with Crippen LogP contribution in [0.25, 0.3) is 0 Å². The van der Waals surface area contributed by atoms with Gasteiger partial charge < -0.3 is 10.6 Å². The molecule has 1 aromatic carbocycles. The first-order chi connectivity index (χ1) is 9.00. The Morgan fingerprint density at radius 1 is 1.37 bits per heavy atom. The molecule has 0 radical (unpaired) electrons. The van der Waals surface area contributed by atoms with Crippen molar-refractivity contribution in [1.29, 1.82) is 0 Å². The second-order valence-corrected chi connectivity index (χ2v) is 6.32. The largest absolute Gasteiger partial charge is 0.370 e. The standard InChI is InChI=1S/C16H23N3/c1-11-4-5-12(2)14(8-11)16(3)10-18-15(17)19(16)9-13-6-7-13/h4-5,8,13H,6-7,9-10H2,1-3H3,(H2,17,18). The summed E-state index contributed by atoms with van der Waals surface area (Å²) in [6.07, 6.45) is 2.68. The summed E-state index contributed by atoms with van der Waals surface area (Å²) < 4.78 is 0. The molecule has 2 N–H and O–H groups in total. The number of aryl methyl sites for hydroxylation is 2. The summed E-state index contributed by atoms with van der Waals surface area (Å²) in [5.41, 5.74) is 10.1. The van der Waals surface area contributed by atoms with Crippen LogP contribution in [0, 0.1) is 19.8 Å². The average Bonchev–Trinajstić information content (AvgIpc) is 3.15. The average molecular weight is 257 g/mol. The first-order valence-corrected chi connectivity index (χ1v) is 7.16. The predicted molar refractivity (Wildman–Crippen MR) is 79.2 cm³/mol. The molecule has 1 aliphatic carbocycles. The third-order valence-electron chi connectivity index (χ3n) is 4.53. The Morgan fingerprint density at radius 2 is 2.11 bits per heavy atom. The van der Waals surface area contributed by atoms with Gasteiger partial charge in [0.2, 0.25) is 0 Å². The molecule has 1 saturated carbocycles. The molecule has 0 amide bonds. The fourth-order valence-corrected chi connectivity index (χ4v) is 3.06. The quantitative estimate of drug-likeness (QED) is 0.904. The summed E-state index contributed by atoms with van der Waals surface area (Å²) >= 11 is 0. The first-order valence-electron chi connectivity index (χ1n) is 7.16. The van der Waals surface area contributed by atoms with Crippen molar-refractivity contribution >= 4 is 5.96 Å². The van der Waals surface area contributed by atoms with E-state index in [0.717, 1.165) is 25.0 Å². The van der Waals surface area contributed by atoms with E-state index in [1.807, 2.05) is 0 Å². The van der Waals surface area contributed by atoms with Crippen LogP contribution in [0.1, 0.15) is 36.5 Å². The summed E-state index contributed by atoms with van der Waals surface area (Å²) in [5.74, 6) is 1.53. The number of hydrogen-bond acceptors (Lipinski definition) is 3. The molecule has 3 heteroatoms. The lowest BCUT2D eigenvalue weighted by Gasteiger charge is -2.38. The zero-order chi connectivity index (χ0) is 13.6. The van der Waals surface area contributed by atoms with Gasteiger partial charge in [0.25, 0.3) is 0 Å². The molecule has 1 aromatic rings. The van der Waals surface area contributed by atoms with Crippen molar-refractivity contribution in [3.05, 3.63) is 34.9 Å². The van der Waals surface area contributed by atoms with Gasteiger partial charge in [0, 0.05) is 6.54 Å². The summed E-state index contributed by atoms with van der Waals surface area (Å²) in [7, 11) is 0. The van der Waals surface area contributed by atoms with Crippen LogP contribution in [-0.2, 0) is 5.54 Å². The summed E-state index contributed by atoms with van der Waals surface area (Å²) in [6.45, 7) is 8.44. The van der Waals surface area contributed by atoms with Gasteiger partial charge in [0.05, 0.1) is 12.1 Å². The van der Waals surface area contributed by atoms with Crippen LogP contribution in [0.3, 0.4) is 0 Å². The number of aliphatic imine (C=N–C) groups is 1. The molecule has 1 unspecified atom stereocenters. The van der Waals surface area contributed by atoms with Gasteiger partial charge in [-0.1, -0.05) is 23.8 Å². The zero-order valence-corrected chi connectivity index (χ0v) is 12.1. The Morgan fingerprint density at radius 3 is 2.79 bits per heavy atom. The van der Waals surface area contributed by atoms with Crippen molar-refractivity contribution in [3.63, 3.8) is 0 Å². The van der Waals surface area contributed by atoms with Crippen molar-refractivity contribution in [1.82, 2.24) is 4.90 Å². The van der Waals surface area contributed by atoms with Gasteiger partial charge in [0.1, 0.15) is 0 Å². The van der Waals surface area contributed by atoms with Gasteiger partial charge in [-0.05, 0) is 50.7 Å². The Labute approximate surface area is 115 Å². The normalized spacial score (nSPS) is 26.7. The predicted octanol–water partition coefficient (Wildman–Crippen LogP) is 2.56. The molecule has 1 fully saturated rings. The smallest absolute Gasteiger partial charge is 0.192 e. The number of hydrogen-bond donors (Lipinski definition) is 1. The van der Waals surface area contributed by atoms with E-state index in [0.29, 0.717) is 0 Å². The van der Waals surface area contributed by atoms with E-state index < -0.39 is 0 Å². The van der Waals surface area contributed by atoms with E-state index in [1.54, 1.807) is 0 Å². The summed E-state index contributed by atoms with van der Waals surface area (Å²) in [6, 6.07) is 6.68. The fourth-order valence-electron chi connectivity index (χ4n) is 3.06. The number of rotatable bonds is 3. The molecular weight excluding hydrogens is 234 g/mol. The SMILES string of the molecule is Cc1ccc(C)c(C2(C)CN=C(N)N2CC2CC2)c1. The molecule has 3 rings (SSSR count). The molecule has 0 saturated heterocycles. The van der Waals surface area contributed by atoms with Crippen molar-refractivity contribution in [2.24, 2.45) is 16.6 Å². The minimum Gasteiger partial charge on any atom is -0.370 e. The Hall–Kier alpha value is -1.51. The maximum absolute atomic E-state index is 6.13. The second kappa shape index (κ2) is 4.26. The minimum absolute atomic E-state index is 0.0667. The zero-order valence-electron chi connectivity index (χ0n) is 12.1. The van der Waals surface area contributed by atoms with Crippen molar-refractivity contribution in [2.45, 2.75) is 39.2 Å². The summed E-state index contributed by atoms with van der Waals surface area (Å²) in [4.78, 5) is 6.84. The molecule has 1 atom stereocenters. The fraction of sp³-hybridized carbons (Fsp3) is 0.562. The topological polar surface area (TPSA) is 41.6 Å². The van der Waals surface area contributed by atoms with E-state index in [-0.39, 0.29) is 5.54 Å². The molecule has 0 bridgehead atoms. The third-order valence-corrected chi connectivity index (χ3v) is 4.53. The van der Waals surface area contributed by atoms with Crippen molar-refractivity contribution in [3.8, 4) is 0 Å². The number of guanidine groups is 1. The summed E-state index contributed by atoms with van der Waals surface area (Å²) in [5, 5.41) is 0. The molecule has 3 nitrogen and oxygen atoms in total. The van der Waals surface area contributed by atoms with Gasteiger partial charge in [-0.3, -0.25) is 4.99 Å². The lowest BCUT2D eigenvalue weighted by Crippen LogP contribution is -2.48. The van der Waals surface area contributed by atoms with Crippen molar-refractivity contribution < 1.29 is 0 Å². The molecule has 102 valence electrons. The third kappa shape index (κ3) is 2.11. The van der Waals surface area contributed by atoms with Crippen LogP contribution in [0.4, 0.5) is 0 Å². The second-order valence-electron chi connectivity index (χ2n) is 6.32. The van der Waals surface area contributed by atoms with Gasteiger partial charge in [0.15, 0.2) is 5.96 Å². The monoisotopic (exact) mass is 257 g/mol. The first kappa shape index (κ1) is 12.5. The van der Waals surface area contributed by atoms with Crippen LogP contribution in [0.15, 0.2) is 23.2 Å². The van der Waals surface area contributed by atoms with Crippen LogP contribution in [0.5, 0.6) is 0 Å². The van der Waals surface area contributed by atoms with Crippen LogP contribution in [-0.4, -0.2) is 23.9 Å². The van der Waals surface area contributed by atoms with E-state index in [2.05, 4.69) is 48.9 Å². The van der Waals surface area contributed by atoms with Gasteiger partial charge >= 0.3 is 0 Å². The highest BCUT2D eigenvalue weighted by molar-refractivity contribution is 5.81. The highest BCUT2D eigenvalue weighted by Gasteiger charge is 2.42. The van der Waals surface area contributed by atoms with Crippen LogP contribution < -0.4 is 5.73 Å². The maximum Gasteiger partial charge on any atom is 0.192 e. The molecule has 0 aromatic heterocycles. The van der Waals surface area contributed by atoms with Gasteiger partial charge in [-0.15, -0.1) is 0 Å². The number of benzene rings is 1. The maximum atomic E-state index is 6.13. The molecule has 0 spiro atoms. The van der Waals surface area contributed by atoms with Crippen molar-refractivity contribution in [2.75, 3.05) is 13.1 Å². The van der Waals surface area contributed by atoms with Gasteiger partial charge in [-0.25, -0.2) is 0 Å². The van der Waals surface area contributed by atoms with E-state index in [1.165, 1.54) is 29.5 Å². The number of nitrogens with zero attached hydrogens (tertiary/aromatic N) is 2. The Bertz CT molecular complexity index is 531. The molecule has 1 heterocycles.